The number of rotatable bonds is 7. The first-order valence-electron chi connectivity index (χ1n) is 5.30. The largest absolute Gasteiger partial charge is 0.438 e. The molecular formula is C8H6F12O3S. The fourth-order valence-corrected chi connectivity index (χ4v) is 1.64. The summed E-state index contributed by atoms with van der Waals surface area (Å²) in [6.45, 7) is 0.0626. The van der Waals surface area contributed by atoms with Gasteiger partial charge in [-0.05, 0) is 0 Å². The van der Waals surface area contributed by atoms with E-state index in [0.29, 0.717) is 0 Å². The molecule has 0 aliphatic carbocycles. The van der Waals surface area contributed by atoms with Gasteiger partial charge in [0.15, 0.2) is 0 Å². The van der Waals surface area contributed by atoms with Crippen molar-refractivity contribution in [1.29, 1.82) is 0 Å². The molecular weight excluding hydrogens is 404 g/mol. The van der Waals surface area contributed by atoms with Gasteiger partial charge in [0, 0.05) is 6.42 Å². The quantitative estimate of drug-likeness (QED) is 0.509. The summed E-state index contributed by atoms with van der Waals surface area (Å²) >= 11 is 0. The summed E-state index contributed by atoms with van der Waals surface area (Å²) < 4.78 is 182. The third-order valence-corrected chi connectivity index (χ3v) is 3.68. The second-order valence-corrected chi connectivity index (χ2v) is 5.81. The van der Waals surface area contributed by atoms with Crippen LogP contribution in [-0.2, 0) is 10.1 Å². The Morgan fingerprint density at radius 3 is 1.21 bits per heavy atom. The molecule has 0 fully saturated rings. The highest BCUT2D eigenvalue weighted by Gasteiger charge is 2.91. The van der Waals surface area contributed by atoms with E-state index in [4.69, 9.17) is 4.55 Å². The number of hydrogen-bond donors (Lipinski definition) is 1. The van der Waals surface area contributed by atoms with Crippen LogP contribution in [0.25, 0.3) is 0 Å². The van der Waals surface area contributed by atoms with E-state index < -0.39 is 51.4 Å². The molecule has 0 radical (unpaired) electrons. The summed E-state index contributed by atoms with van der Waals surface area (Å²) in [4.78, 5) is 0. The molecule has 1 N–H and O–H groups in total. The van der Waals surface area contributed by atoms with Gasteiger partial charge in [0.2, 0.25) is 0 Å². The molecule has 0 aromatic rings. The molecule has 24 heavy (non-hydrogen) atoms. The Balaban J connectivity index is 6.52. The predicted octanol–water partition coefficient (Wildman–Crippen LogP) is 4.05. The van der Waals surface area contributed by atoms with E-state index in [9.17, 15) is 61.1 Å². The monoisotopic (exact) mass is 410 g/mol. The maximum atomic E-state index is 13.0. The summed E-state index contributed by atoms with van der Waals surface area (Å²) in [5.74, 6) is -37.1. The number of hydrogen-bond acceptors (Lipinski definition) is 2. The van der Waals surface area contributed by atoms with Crippen molar-refractivity contribution < 1.29 is 65.7 Å². The van der Waals surface area contributed by atoms with Crippen molar-refractivity contribution in [2.45, 2.75) is 48.2 Å². The summed E-state index contributed by atoms with van der Waals surface area (Å²) in [7, 11) is -7.52. The third kappa shape index (κ3) is 2.70. The minimum Gasteiger partial charge on any atom is -0.281 e. The fraction of sp³-hybridized carbons (Fsp3) is 1.00. The Morgan fingerprint density at radius 1 is 0.667 bits per heavy atom. The summed E-state index contributed by atoms with van der Waals surface area (Å²) in [5.41, 5.74) is 0. The highest BCUT2D eigenvalue weighted by Crippen LogP contribution is 2.61. The molecule has 146 valence electrons. The topological polar surface area (TPSA) is 54.4 Å². The van der Waals surface area contributed by atoms with E-state index in [-0.39, 0.29) is 6.92 Å². The standard InChI is InChI=1S/C8H6F12O3S/c1-2-3(9,10)4(11,12)5(13,14)6(15,16)7(17,18)8(19,20)24(21,22)23/h2H2,1H3,(H,21,22,23). The highest BCUT2D eigenvalue weighted by atomic mass is 32.2. The van der Waals surface area contributed by atoms with Crippen molar-refractivity contribution in [1.82, 2.24) is 0 Å². The lowest BCUT2D eigenvalue weighted by atomic mass is 9.93. The zero-order valence-electron chi connectivity index (χ0n) is 10.9. The van der Waals surface area contributed by atoms with Crippen LogP contribution in [0.15, 0.2) is 0 Å². The molecule has 0 bridgehead atoms. The van der Waals surface area contributed by atoms with Crippen molar-refractivity contribution in [2.75, 3.05) is 0 Å². The van der Waals surface area contributed by atoms with Gasteiger partial charge in [0.25, 0.3) is 0 Å². The molecule has 0 spiro atoms. The molecule has 16 heteroatoms. The maximum absolute atomic E-state index is 13.0. The van der Waals surface area contributed by atoms with Crippen LogP contribution in [0.4, 0.5) is 52.7 Å². The summed E-state index contributed by atoms with van der Waals surface area (Å²) in [6.07, 6.45) is -2.29. The maximum Gasteiger partial charge on any atom is 0.438 e. The first-order valence-corrected chi connectivity index (χ1v) is 6.74. The SMILES string of the molecule is CCC(F)(F)C(F)(F)C(F)(F)C(F)(F)C(F)(F)C(F)(F)S(=O)(=O)O. The van der Waals surface area contributed by atoms with Crippen LogP contribution < -0.4 is 0 Å². The van der Waals surface area contributed by atoms with E-state index >= 15 is 0 Å². The van der Waals surface area contributed by atoms with Gasteiger partial charge in [-0.15, -0.1) is 0 Å². The van der Waals surface area contributed by atoms with Crippen molar-refractivity contribution >= 4 is 10.1 Å². The molecule has 3 nitrogen and oxygen atoms in total. The van der Waals surface area contributed by atoms with E-state index in [1.807, 2.05) is 0 Å². The normalized spacial score (nSPS) is 16.4. The molecule has 0 saturated carbocycles. The van der Waals surface area contributed by atoms with Gasteiger partial charge >= 0.3 is 45.0 Å². The van der Waals surface area contributed by atoms with E-state index in [1.54, 1.807) is 0 Å². The minimum absolute atomic E-state index is 0.0626. The molecule has 0 rings (SSSR count). The molecule has 0 saturated heterocycles. The van der Waals surface area contributed by atoms with Gasteiger partial charge < -0.3 is 0 Å². The number of halogens is 12. The lowest BCUT2D eigenvalue weighted by Crippen LogP contribution is -2.71. The molecule has 0 aromatic heterocycles. The van der Waals surface area contributed by atoms with Crippen LogP contribution in [0.5, 0.6) is 0 Å². The molecule has 0 atom stereocenters. The third-order valence-electron chi connectivity index (χ3n) is 2.78. The molecule has 0 amide bonds. The van der Waals surface area contributed by atoms with Gasteiger partial charge in [-0.25, -0.2) is 0 Å². The Morgan fingerprint density at radius 2 is 0.958 bits per heavy atom. The second-order valence-electron chi connectivity index (χ2n) is 4.35. The summed E-state index contributed by atoms with van der Waals surface area (Å²) in [5, 5.41) is -7.40. The van der Waals surface area contributed by atoms with E-state index in [1.165, 1.54) is 0 Å². The van der Waals surface area contributed by atoms with E-state index in [0.717, 1.165) is 0 Å². The van der Waals surface area contributed by atoms with Crippen LogP contribution in [0, 0.1) is 0 Å². The highest BCUT2D eigenvalue weighted by molar-refractivity contribution is 7.87. The van der Waals surface area contributed by atoms with Crippen molar-refractivity contribution in [3.05, 3.63) is 0 Å². The van der Waals surface area contributed by atoms with Gasteiger partial charge in [-0.2, -0.15) is 61.1 Å². The fourth-order valence-electron chi connectivity index (χ4n) is 1.19. The van der Waals surface area contributed by atoms with Crippen LogP contribution in [0.2, 0.25) is 0 Å². The molecule has 0 aliphatic rings. The lowest BCUT2D eigenvalue weighted by Gasteiger charge is -2.40. The van der Waals surface area contributed by atoms with Gasteiger partial charge in [-0.1, -0.05) is 6.92 Å². The van der Waals surface area contributed by atoms with Gasteiger partial charge in [0.1, 0.15) is 0 Å². The Bertz CT molecular complexity index is 581. The minimum atomic E-state index is -8.01. The van der Waals surface area contributed by atoms with Gasteiger partial charge in [-0.3, -0.25) is 4.55 Å². The first kappa shape index (κ1) is 23.1. The Kier molecular flexibility index (Phi) is 5.32. The zero-order chi connectivity index (χ0) is 20.2. The smallest absolute Gasteiger partial charge is 0.281 e. The molecule has 0 unspecified atom stereocenters. The molecule has 0 heterocycles. The second kappa shape index (κ2) is 5.54. The van der Waals surface area contributed by atoms with Crippen LogP contribution in [0.1, 0.15) is 13.3 Å². The zero-order valence-corrected chi connectivity index (χ0v) is 11.7. The summed E-state index contributed by atoms with van der Waals surface area (Å²) in [6, 6.07) is 0. The predicted molar refractivity (Wildman–Crippen MR) is 51.5 cm³/mol. The Hall–Kier alpha value is -0.930. The average Bonchev–Trinajstić information content (AvgIpc) is 2.36. The van der Waals surface area contributed by atoms with Crippen LogP contribution >= 0.6 is 0 Å². The lowest BCUT2D eigenvalue weighted by molar-refractivity contribution is -0.417. The van der Waals surface area contributed by atoms with Gasteiger partial charge in [0.05, 0.1) is 0 Å². The first-order chi connectivity index (χ1) is 10.1. The van der Waals surface area contributed by atoms with Crippen molar-refractivity contribution in [3.63, 3.8) is 0 Å². The van der Waals surface area contributed by atoms with Crippen molar-refractivity contribution in [3.8, 4) is 0 Å². The molecule has 0 aromatic carbocycles. The molecule has 0 aliphatic heterocycles. The average molecular weight is 410 g/mol. The number of alkyl halides is 12. The van der Waals surface area contributed by atoms with Crippen molar-refractivity contribution in [2.24, 2.45) is 0 Å². The van der Waals surface area contributed by atoms with E-state index in [2.05, 4.69) is 0 Å². The van der Waals surface area contributed by atoms with Crippen LogP contribution in [0.3, 0.4) is 0 Å². The Labute approximate surface area is 125 Å². The van der Waals surface area contributed by atoms with Crippen LogP contribution in [-0.4, -0.2) is 47.8 Å².